The lowest BCUT2D eigenvalue weighted by Gasteiger charge is -2.05. The second kappa shape index (κ2) is 7.15. The van der Waals surface area contributed by atoms with Crippen molar-refractivity contribution in [3.8, 4) is 0 Å². The van der Waals surface area contributed by atoms with Crippen molar-refractivity contribution >= 4 is 0 Å². The topological polar surface area (TPSA) is 0 Å². The van der Waals surface area contributed by atoms with E-state index in [1.165, 1.54) is 51.4 Å². The summed E-state index contributed by atoms with van der Waals surface area (Å²) in [6, 6.07) is 0. The predicted octanol–water partition coefficient (Wildman–Crippen LogP) is 4.23. The van der Waals surface area contributed by atoms with E-state index in [-0.39, 0.29) is 0 Å². The summed E-state index contributed by atoms with van der Waals surface area (Å²) in [7, 11) is 0. The van der Waals surface area contributed by atoms with Gasteiger partial charge in [0.1, 0.15) is 0 Å². The van der Waals surface area contributed by atoms with Crippen molar-refractivity contribution in [2.24, 2.45) is 0 Å². The van der Waals surface area contributed by atoms with Crippen LogP contribution in [0.1, 0.15) is 51.4 Å². The Morgan fingerprint density at radius 2 is 0.833 bits per heavy atom. The first-order valence-corrected chi connectivity index (χ1v) is 5.32. The molecule has 0 amide bonds. The van der Waals surface area contributed by atoms with Gasteiger partial charge in [0.05, 0.1) is 0 Å². The van der Waals surface area contributed by atoms with Gasteiger partial charge in [-0.25, -0.2) is 0 Å². The van der Waals surface area contributed by atoms with Crippen LogP contribution in [0.5, 0.6) is 0 Å². The largest absolute Gasteiger partial charge is 0.0842 e. The van der Waals surface area contributed by atoms with Crippen LogP contribution in [0.25, 0.3) is 0 Å². The highest BCUT2D eigenvalue weighted by Crippen LogP contribution is 2.15. The zero-order valence-corrected chi connectivity index (χ0v) is 7.97. The lowest BCUT2D eigenvalue weighted by Crippen LogP contribution is -1.85. The van der Waals surface area contributed by atoms with Gasteiger partial charge in [-0.15, -0.1) is 0 Å². The van der Waals surface area contributed by atoms with Crippen molar-refractivity contribution in [1.82, 2.24) is 0 Å². The third-order valence-electron chi connectivity index (χ3n) is 2.38. The molecule has 0 bridgehead atoms. The van der Waals surface area contributed by atoms with Crippen LogP contribution in [-0.2, 0) is 0 Å². The van der Waals surface area contributed by atoms with E-state index in [9.17, 15) is 0 Å². The van der Waals surface area contributed by atoms with Gasteiger partial charge >= 0.3 is 0 Å². The standard InChI is InChI=1S/C6H12.C6H8/c2*1-2-4-6-5-3-1/h1-6H2;1-4H,5-6H2. The summed E-state index contributed by atoms with van der Waals surface area (Å²) < 4.78 is 0. The first-order chi connectivity index (χ1) is 6.00. The Labute approximate surface area is 76.4 Å². The van der Waals surface area contributed by atoms with Gasteiger partial charge in [-0.1, -0.05) is 62.8 Å². The molecule has 2 rings (SSSR count). The zero-order chi connectivity index (χ0) is 8.49. The Morgan fingerprint density at radius 1 is 0.500 bits per heavy atom. The molecule has 2 aliphatic carbocycles. The molecule has 0 nitrogen and oxygen atoms in total. The van der Waals surface area contributed by atoms with Crippen LogP contribution >= 0.6 is 0 Å². The van der Waals surface area contributed by atoms with Gasteiger partial charge in [-0.2, -0.15) is 0 Å². The molecule has 1 saturated carbocycles. The first-order valence-electron chi connectivity index (χ1n) is 5.32. The van der Waals surface area contributed by atoms with Crippen LogP contribution < -0.4 is 0 Å². The fourth-order valence-corrected chi connectivity index (χ4v) is 1.60. The summed E-state index contributed by atoms with van der Waals surface area (Å²) in [5, 5.41) is 0. The maximum atomic E-state index is 2.18. The molecule has 0 aromatic rings. The van der Waals surface area contributed by atoms with Crippen molar-refractivity contribution in [1.29, 1.82) is 0 Å². The van der Waals surface area contributed by atoms with Gasteiger partial charge in [0.2, 0.25) is 0 Å². The molecule has 0 N–H and O–H groups in total. The lowest BCUT2D eigenvalue weighted by atomic mass is 10.0. The molecule has 1 fully saturated rings. The zero-order valence-electron chi connectivity index (χ0n) is 7.97. The molecule has 0 spiro atoms. The summed E-state index contributed by atoms with van der Waals surface area (Å²) in [6.07, 6.45) is 20.0. The molecule has 2 aliphatic rings. The Balaban J connectivity index is 0.000000120. The fraction of sp³-hybridized carbons (Fsp3) is 0.667. The van der Waals surface area contributed by atoms with Gasteiger partial charge in [0.25, 0.3) is 0 Å². The van der Waals surface area contributed by atoms with E-state index < -0.39 is 0 Å². The molecule has 0 aromatic carbocycles. The Kier molecular flexibility index (Phi) is 5.70. The molecular formula is C12H20. The number of rotatable bonds is 0. The molecule has 0 aromatic heterocycles. The van der Waals surface area contributed by atoms with Crippen LogP contribution in [0.3, 0.4) is 0 Å². The molecule has 0 aliphatic heterocycles. The molecular weight excluding hydrogens is 144 g/mol. The highest BCUT2D eigenvalue weighted by Gasteiger charge is 1.95. The summed E-state index contributed by atoms with van der Waals surface area (Å²) in [6.45, 7) is 0. The highest BCUT2D eigenvalue weighted by molar-refractivity contribution is 5.07. The van der Waals surface area contributed by atoms with E-state index in [1.54, 1.807) is 0 Å². The Bertz CT molecular complexity index is 115. The van der Waals surface area contributed by atoms with Crippen LogP contribution in [0, 0.1) is 0 Å². The first kappa shape index (κ1) is 9.57. The molecule has 12 heavy (non-hydrogen) atoms. The smallest absolute Gasteiger partial charge is 0.0313 e. The minimum absolute atomic E-state index is 1.23. The van der Waals surface area contributed by atoms with Crippen LogP contribution in [-0.4, -0.2) is 0 Å². The second-order valence-electron chi connectivity index (χ2n) is 3.55. The van der Waals surface area contributed by atoms with E-state index in [0.29, 0.717) is 0 Å². The number of hydrogen-bond donors (Lipinski definition) is 0. The maximum absolute atomic E-state index is 2.18. The molecule has 0 radical (unpaired) electrons. The Morgan fingerprint density at radius 3 is 1.00 bits per heavy atom. The molecule has 0 heteroatoms. The van der Waals surface area contributed by atoms with Gasteiger partial charge in [0.15, 0.2) is 0 Å². The van der Waals surface area contributed by atoms with Crippen molar-refractivity contribution < 1.29 is 0 Å². The van der Waals surface area contributed by atoms with E-state index in [1.807, 2.05) is 0 Å². The third-order valence-corrected chi connectivity index (χ3v) is 2.38. The van der Waals surface area contributed by atoms with E-state index in [4.69, 9.17) is 0 Å². The molecule has 68 valence electrons. The number of hydrogen-bond acceptors (Lipinski definition) is 0. The summed E-state index contributed by atoms with van der Waals surface area (Å²) in [4.78, 5) is 0. The van der Waals surface area contributed by atoms with E-state index >= 15 is 0 Å². The molecule has 0 saturated heterocycles. The van der Waals surface area contributed by atoms with Crippen molar-refractivity contribution in [2.45, 2.75) is 51.4 Å². The highest BCUT2D eigenvalue weighted by atomic mass is 14.0. The minimum Gasteiger partial charge on any atom is -0.0842 e. The average Bonchev–Trinajstić information content (AvgIpc) is 2.24. The normalized spacial score (nSPS) is 21.3. The molecule has 0 heterocycles. The Hall–Kier alpha value is -0.520. The summed E-state index contributed by atoms with van der Waals surface area (Å²) in [5.74, 6) is 0. The quantitative estimate of drug-likeness (QED) is 0.502. The van der Waals surface area contributed by atoms with Crippen molar-refractivity contribution in [3.05, 3.63) is 24.3 Å². The van der Waals surface area contributed by atoms with Crippen LogP contribution in [0.15, 0.2) is 24.3 Å². The summed E-state index contributed by atoms with van der Waals surface area (Å²) >= 11 is 0. The summed E-state index contributed by atoms with van der Waals surface area (Å²) in [5.41, 5.74) is 0. The lowest BCUT2D eigenvalue weighted by molar-refractivity contribution is 0.504. The molecule has 0 unspecified atom stereocenters. The average molecular weight is 164 g/mol. The SMILES string of the molecule is C1=CCCC=C1.C1CCCCC1. The van der Waals surface area contributed by atoms with Crippen LogP contribution in [0.2, 0.25) is 0 Å². The van der Waals surface area contributed by atoms with Crippen molar-refractivity contribution in [3.63, 3.8) is 0 Å². The van der Waals surface area contributed by atoms with Crippen molar-refractivity contribution in [2.75, 3.05) is 0 Å². The molecule has 0 atom stereocenters. The third kappa shape index (κ3) is 5.17. The number of allylic oxidation sites excluding steroid dienone is 4. The van der Waals surface area contributed by atoms with Gasteiger partial charge < -0.3 is 0 Å². The van der Waals surface area contributed by atoms with Gasteiger partial charge in [-0.3, -0.25) is 0 Å². The monoisotopic (exact) mass is 164 g/mol. The van der Waals surface area contributed by atoms with Crippen LogP contribution in [0.4, 0.5) is 0 Å². The van der Waals surface area contributed by atoms with E-state index in [2.05, 4.69) is 24.3 Å². The maximum Gasteiger partial charge on any atom is -0.0313 e. The van der Waals surface area contributed by atoms with Gasteiger partial charge in [0, 0.05) is 0 Å². The predicted molar refractivity (Wildman–Crippen MR) is 55.2 cm³/mol. The second-order valence-corrected chi connectivity index (χ2v) is 3.55. The minimum atomic E-state index is 1.23. The fourth-order valence-electron chi connectivity index (χ4n) is 1.60. The van der Waals surface area contributed by atoms with E-state index in [0.717, 1.165) is 0 Å². The van der Waals surface area contributed by atoms with Gasteiger partial charge in [-0.05, 0) is 12.8 Å².